The number of halogens is 1. The summed E-state index contributed by atoms with van der Waals surface area (Å²) in [5.41, 5.74) is 12.3. The first-order chi connectivity index (χ1) is 45.0. The van der Waals surface area contributed by atoms with E-state index in [1.165, 1.54) is 58.8 Å². The Balaban J connectivity index is 0.000000219. The van der Waals surface area contributed by atoms with Gasteiger partial charge in [0.2, 0.25) is 0 Å². The number of carbonyl (C=O) groups is 1. The Labute approximate surface area is 603 Å². The van der Waals surface area contributed by atoms with E-state index in [9.17, 15) is 9.18 Å². The molecule has 0 bridgehead atoms. The number of hydrogen-bond donors (Lipinski definition) is 1. The topological polar surface area (TPSA) is 122 Å². The summed E-state index contributed by atoms with van der Waals surface area (Å²) in [4.78, 5) is 32.3. The first-order valence-electron chi connectivity index (χ1n) is 30.2. The molecule has 7 heterocycles. The van der Waals surface area contributed by atoms with Gasteiger partial charge in [-0.15, -0.1) is 106 Å². The van der Waals surface area contributed by atoms with Gasteiger partial charge in [0.25, 0.3) is 0 Å². The molecule has 0 saturated heterocycles. The van der Waals surface area contributed by atoms with Crippen LogP contribution >= 0.6 is 11.3 Å². The maximum Gasteiger partial charge on any atom is 3.00 e. The Morgan fingerprint density at radius 2 is 1.30 bits per heavy atom. The molecule has 0 aliphatic carbocycles. The second-order valence-electron chi connectivity index (χ2n) is 19.5. The molecule has 13 aromatic rings. The van der Waals surface area contributed by atoms with Crippen molar-refractivity contribution in [2.45, 2.75) is 27.7 Å². The van der Waals surface area contributed by atoms with Gasteiger partial charge in [0.15, 0.2) is 5.78 Å². The van der Waals surface area contributed by atoms with Crippen molar-refractivity contribution in [2.75, 3.05) is 11.9 Å². The van der Waals surface area contributed by atoms with Gasteiger partial charge in [0.1, 0.15) is 0 Å². The molecule has 0 atom stereocenters. The number of aliphatic hydroxyl groups excluding tert-OH is 1. The molecule has 6 aromatic heterocycles. The number of hydrogen-bond acceptors (Lipinski definition) is 10. The van der Waals surface area contributed by atoms with Crippen LogP contribution in [0.15, 0.2) is 273 Å². The molecule has 1 aliphatic rings. The Morgan fingerprint density at radius 1 is 0.652 bits per heavy atom. The Morgan fingerprint density at radius 3 is 1.89 bits per heavy atom. The molecule has 0 unspecified atom stereocenters. The largest absolute Gasteiger partial charge is 3.00 e. The van der Waals surface area contributed by atoms with Crippen LogP contribution in [0.4, 0.5) is 10.1 Å². The zero-order chi connectivity index (χ0) is 65.8. The zero-order valence-electron chi connectivity index (χ0n) is 55.1. The molecule has 0 saturated carbocycles. The van der Waals surface area contributed by atoms with Crippen LogP contribution in [0.1, 0.15) is 31.8 Å². The molecular weight excluding hydrogens is 1880 g/mol. The number of aromatic nitrogens is 6. The van der Waals surface area contributed by atoms with Crippen molar-refractivity contribution in [1.29, 1.82) is 0 Å². The fourth-order valence-corrected chi connectivity index (χ4v) is 9.75. The van der Waals surface area contributed by atoms with Crippen molar-refractivity contribution < 1.29 is 102 Å². The van der Waals surface area contributed by atoms with Crippen molar-refractivity contribution in [3.8, 4) is 66.7 Å². The van der Waals surface area contributed by atoms with Gasteiger partial charge in [-0.1, -0.05) is 169 Å². The van der Waals surface area contributed by atoms with Crippen LogP contribution in [0.5, 0.6) is 0 Å². The second-order valence-corrected chi connectivity index (χ2v) is 20.6. The molecule has 0 amide bonds. The van der Waals surface area contributed by atoms with Crippen LogP contribution in [0.3, 0.4) is 0 Å². The van der Waals surface area contributed by atoms with Crippen molar-refractivity contribution in [1.82, 2.24) is 35.0 Å². The summed E-state index contributed by atoms with van der Waals surface area (Å²) < 4.78 is 53.7. The maximum absolute atomic E-state index is 12.6. The molecule has 14 rings (SSSR count). The third kappa shape index (κ3) is 21.9. The van der Waals surface area contributed by atoms with E-state index < -0.39 is 6.04 Å². The van der Waals surface area contributed by atoms with Crippen LogP contribution in [0, 0.1) is 50.6 Å². The van der Waals surface area contributed by atoms with Crippen molar-refractivity contribution in [3.05, 3.63) is 321 Å². The predicted molar refractivity (Wildman–Crippen MR) is 356 cm³/mol. The number of fused-ring (bicyclic) bond motifs is 2. The summed E-state index contributed by atoms with van der Waals surface area (Å²) in [6.45, 7) is 8.72. The standard InChI is InChI=1S/C22H16N.C18H14N.C13H8NS.C10H9FN2.C8H6N3.C5H8O2.4Ir/c1-16-14-22(23-15-21(16)18-8-3-2-4-9-18)20-13-7-11-17-10-5-6-12-19(17)20;1-14-13-16(18-9-5-6-12-19-18)10-11-17(14)15-7-3-2-4-8-15;1-2-7-12-10(5-1)9-13(15-12)11-6-3-4-8-14-11;1-12-6-7-13(8-12)10-4-2-9(11)3-5-10;1-2-5-9-7(3-1)8-4-6-10-11-8;1-4(6)3-5(2)7;;;;/h2-12,14-15H,1H3;2-9,11-13H,1H3;1-8H;2-4,6-8H,1H3;1-6H;3,6H,1-2H3;;;;/q3*-1;-2;-1;;;;;+3/i2D,3D,4D,8D,9D;;;;;;;;;. The van der Waals surface area contributed by atoms with E-state index in [0.29, 0.717) is 5.56 Å². The molecule has 1 aliphatic heterocycles. The third-order valence-corrected chi connectivity index (χ3v) is 14.0. The number of rotatable bonds is 8. The number of nitrogens with zero attached hydrogens (tertiary/aromatic N) is 8. The average molecular weight is 1940 g/mol. The van der Waals surface area contributed by atoms with E-state index >= 15 is 0 Å². The molecule has 16 heteroatoms. The van der Waals surface area contributed by atoms with Crippen molar-refractivity contribution in [3.63, 3.8) is 0 Å². The number of ketones is 1. The van der Waals surface area contributed by atoms with Crippen LogP contribution in [-0.2, 0) is 85.2 Å². The summed E-state index contributed by atoms with van der Waals surface area (Å²) in [5, 5.41) is 19.2. The van der Waals surface area contributed by atoms with Gasteiger partial charge in [0.05, 0.1) is 12.6 Å². The number of aryl methyl sites for hydroxylation is 2. The molecule has 3 radical (unpaired) electrons. The summed E-state index contributed by atoms with van der Waals surface area (Å²) in [6.07, 6.45) is 13.6. The Kier molecular flexibility index (Phi) is 27.8. The number of allylic oxidation sites excluding steroid dienone is 2. The summed E-state index contributed by atoms with van der Waals surface area (Å²) >= 11 is 1.73. The second kappa shape index (κ2) is 38.5. The quantitative estimate of drug-likeness (QED) is 0.0894. The predicted octanol–water partition coefficient (Wildman–Crippen LogP) is 18.1. The van der Waals surface area contributed by atoms with Gasteiger partial charge in [-0.25, -0.2) is 11.3 Å². The van der Waals surface area contributed by atoms with Crippen LogP contribution in [0.2, 0.25) is 0 Å². The van der Waals surface area contributed by atoms with Crippen molar-refractivity contribution >= 4 is 43.7 Å². The van der Waals surface area contributed by atoms with Crippen LogP contribution in [0.25, 0.3) is 87.6 Å². The van der Waals surface area contributed by atoms with Gasteiger partial charge in [0, 0.05) is 120 Å². The molecule has 10 nitrogen and oxygen atoms in total. The van der Waals surface area contributed by atoms with Gasteiger partial charge >= 0.3 is 20.1 Å². The van der Waals surface area contributed by atoms with E-state index in [4.69, 9.17) is 12.0 Å². The van der Waals surface area contributed by atoms with E-state index in [1.807, 2.05) is 170 Å². The zero-order valence-corrected chi connectivity index (χ0v) is 60.5. The van der Waals surface area contributed by atoms with Gasteiger partial charge in [-0.05, 0) is 96.6 Å². The molecule has 0 fully saturated rings. The number of carbonyl (C=O) groups excluding carboxylic acids is 1. The number of aliphatic hydroxyl groups is 1. The van der Waals surface area contributed by atoms with Gasteiger partial charge < -0.3 is 40.1 Å². The average Bonchev–Trinajstić information content (AvgIpc) is 1.48. The van der Waals surface area contributed by atoms with Crippen molar-refractivity contribution in [2.24, 2.45) is 0 Å². The fraction of sp³-hybridized carbons (Fsp3) is 0.0658. The van der Waals surface area contributed by atoms with Gasteiger partial charge in [-0.3, -0.25) is 14.2 Å². The molecule has 7 aromatic carbocycles. The number of benzene rings is 7. The smallest absolute Gasteiger partial charge is 0.574 e. The minimum Gasteiger partial charge on any atom is -0.574 e. The monoisotopic (exact) mass is 1950 g/mol. The molecule has 469 valence electrons. The summed E-state index contributed by atoms with van der Waals surface area (Å²) in [5.74, 6) is -0.326. The first kappa shape index (κ1) is 66.6. The third-order valence-electron chi connectivity index (χ3n) is 12.9. The van der Waals surface area contributed by atoms with E-state index in [0.717, 1.165) is 66.5 Å². The Hall–Kier alpha value is -8.35. The van der Waals surface area contributed by atoms with E-state index in [-0.39, 0.29) is 128 Å². The molecule has 0 spiro atoms. The van der Waals surface area contributed by atoms with Crippen LogP contribution in [-0.4, -0.2) is 47.9 Å². The molecule has 92 heavy (non-hydrogen) atoms. The number of thiophene rings is 1. The Bertz CT molecular complexity index is 4610. The molecular formula is C76H61FIr4N8O2S-3. The number of pyridine rings is 4. The maximum atomic E-state index is 12.6. The number of anilines is 1. The van der Waals surface area contributed by atoms with Crippen LogP contribution < -0.4 is 10.00 Å². The minimum absolute atomic E-state index is 0. The first-order valence-corrected chi connectivity index (χ1v) is 28.5. The molecule has 1 N–H and O–H groups in total. The SMILES string of the molecule is CC(=O)C=C(C)O.CN1C=CN(c2[c-]cc(F)cc2)[CH-]1.Cc1cc(-c2ccccn2)[c-]cc1-c1ccccc1.[2H]c1c([2H])c([2H])c(-c2cnc(-c3[c-]ccc4ccccc34)cc2C)c([2H])c1[2H].[Ir+3].[Ir].[Ir].[Ir].[c-]1c(-c2ccccn2)sc2ccccc12.c1ccc(-c2ccn[n-]2)nc1. The normalized spacial score (nSPS) is 11.6. The fourth-order valence-electron chi connectivity index (χ4n) is 8.77. The van der Waals surface area contributed by atoms with Gasteiger partial charge in [-0.2, -0.15) is 12.7 Å². The van der Waals surface area contributed by atoms with E-state index in [1.54, 1.807) is 36.0 Å². The summed E-state index contributed by atoms with van der Waals surface area (Å²) in [6, 6.07) is 71.7. The summed E-state index contributed by atoms with van der Waals surface area (Å²) in [7, 11) is 1.93. The van der Waals surface area contributed by atoms with E-state index in [2.05, 4.69) is 116 Å². The minimum atomic E-state index is -0.397.